The smallest absolute Gasteiger partial charge is 0.0485 e. The predicted octanol–water partition coefficient (Wildman–Crippen LogP) is 5.25. The van der Waals surface area contributed by atoms with Crippen molar-refractivity contribution in [3.05, 3.63) is 89.2 Å². The third-order valence-electron chi connectivity index (χ3n) is 3.92. The second-order valence-corrected chi connectivity index (χ2v) is 5.98. The van der Waals surface area contributed by atoms with Crippen molar-refractivity contribution < 1.29 is 0 Å². The minimum Gasteiger partial charge on any atom is -0.306 e. The lowest BCUT2D eigenvalue weighted by molar-refractivity contribution is 0.575. The predicted molar refractivity (Wildman–Crippen MR) is 96.4 cm³/mol. The summed E-state index contributed by atoms with van der Waals surface area (Å²) in [5.41, 5.74) is 4.55. The van der Waals surface area contributed by atoms with Gasteiger partial charge in [0.05, 0.1) is 0 Å². The molecule has 0 aliphatic heterocycles. The van der Waals surface area contributed by atoms with Crippen LogP contribution in [0, 0.1) is 0 Å². The summed E-state index contributed by atoms with van der Waals surface area (Å²) in [7, 11) is 0. The lowest BCUT2D eigenvalue weighted by Gasteiger charge is -2.15. The molecule has 0 saturated heterocycles. The number of rotatable bonds is 5. The van der Waals surface area contributed by atoms with Gasteiger partial charge < -0.3 is 5.32 Å². The molecule has 0 aliphatic carbocycles. The van der Waals surface area contributed by atoms with Crippen LogP contribution in [0.2, 0.25) is 5.02 Å². The maximum atomic E-state index is 6.34. The number of nitrogens with one attached hydrogen (secondary N) is 1. The van der Waals surface area contributed by atoms with Crippen LogP contribution in [0.25, 0.3) is 11.1 Å². The standard InChI is InChI=1S/C20H19ClN2/c1-15(17-6-3-2-4-7-17)23-13-16-9-10-20(21)19(12-16)18-8-5-11-22-14-18/h2-12,14-15,23H,13H2,1H3/t15-/m1/s1. The van der Waals surface area contributed by atoms with Crippen LogP contribution in [0.4, 0.5) is 0 Å². The van der Waals surface area contributed by atoms with Crippen LogP contribution >= 0.6 is 11.6 Å². The Morgan fingerprint density at radius 1 is 1.04 bits per heavy atom. The molecule has 0 radical (unpaired) electrons. The molecule has 1 atom stereocenters. The summed E-state index contributed by atoms with van der Waals surface area (Å²) in [6.45, 7) is 2.97. The average molecular weight is 323 g/mol. The first-order valence-electron chi connectivity index (χ1n) is 7.71. The van der Waals surface area contributed by atoms with Gasteiger partial charge in [-0.3, -0.25) is 4.98 Å². The van der Waals surface area contributed by atoms with Gasteiger partial charge in [0, 0.05) is 41.1 Å². The zero-order valence-electron chi connectivity index (χ0n) is 13.0. The summed E-state index contributed by atoms with van der Waals surface area (Å²) in [5.74, 6) is 0. The maximum absolute atomic E-state index is 6.34. The van der Waals surface area contributed by atoms with Crippen molar-refractivity contribution in [1.29, 1.82) is 0 Å². The SMILES string of the molecule is C[C@@H](NCc1ccc(Cl)c(-c2cccnc2)c1)c1ccccc1. The minimum atomic E-state index is 0.300. The Labute approximate surface area is 142 Å². The van der Waals surface area contributed by atoms with E-state index in [1.54, 1.807) is 6.20 Å². The quantitative estimate of drug-likeness (QED) is 0.693. The van der Waals surface area contributed by atoms with Crippen molar-refractivity contribution >= 4 is 11.6 Å². The summed E-state index contributed by atoms with van der Waals surface area (Å²) in [6, 6.07) is 20.8. The summed E-state index contributed by atoms with van der Waals surface area (Å²) in [4.78, 5) is 4.17. The zero-order chi connectivity index (χ0) is 16.1. The molecule has 23 heavy (non-hydrogen) atoms. The van der Waals surface area contributed by atoms with Gasteiger partial charge in [-0.1, -0.05) is 54.1 Å². The van der Waals surface area contributed by atoms with Crippen molar-refractivity contribution in [2.24, 2.45) is 0 Å². The van der Waals surface area contributed by atoms with E-state index >= 15 is 0 Å². The first-order valence-corrected chi connectivity index (χ1v) is 8.09. The van der Waals surface area contributed by atoms with Gasteiger partial charge in [0.2, 0.25) is 0 Å². The van der Waals surface area contributed by atoms with Gasteiger partial charge in [0.25, 0.3) is 0 Å². The van der Waals surface area contributed by atoms with Crippen molar-refractivity contribution in [2.75, 3.05) is 0 Å². The van der Waals surface area contributed by atoms with Gasteiger partial charge in [-0.05, 0) is 36.2 Å². The Balaban J connectivity index is 1.74. The summed E-state index contributed by atoms with van der Waals surface area (Å²) in [6.07, 6.45) is 3.61. The molecular formula is C20H19ClN2. The molecule has 0 unspecified atom stereocenters. The van der Waals surface area contributed by atoms with E-state index in [0.717, 1.165) is 22.7 Å². The normalized spacial score (nSPS) is 12.1. The Hall–Kier alpha value is -2.16. The first kappa shape index (κ1) is 15.7. The zero-order valence-corrected chi connectivity index (χ0v) is 13.8. The monoisotopic (exact) mass is 322 g/mol. The second kappa shape index (κ2) is 7.40. The van der Waals surface area contributed by atoms with Gasteiger partial charge in [0.15, 0.2) is 0 Å². The van der Waals surface area contributed by atoms with E-state index in [0.29, 0.717) is 6.04 Å². The summed E-state index contributed by atoms with van der Waals surface area (Å²) >= 11 is 6.34. The van der Waals surface area contributed by atoms with Crippen molar-refractivity contribution in [2.45, 2.75) is 19.5 Å². The average Bonchev–Trinajstić information content (AvgIpc) is 2.62. The fraction of sp³-hybridized carbons (Fsp3) is 0.150. The molecular weight excluding hydrogens is 304 g/mol. The largest absolute Gasteiger partial charge is 0.306 e. The van der Waals surface area contributed by atoms with Gasteiger partial charge in [0.1, 0.15) is 0 Å². The van der Waals surface area contributed by atoms with E-state index in [2.05, 4.69) is 53.6 Å². The van der Waals surface area contributed by atoms with Gasteiger partial charge in [-0.25, -0.2) is 0 Å². The molecule has 1 N–H and O–H groups in total. The lowest BCUT2D eigenvalue weighted by atomic mass is 10.0. The lowest BCUT2D eigenvalue weighted by Crippen LogP contribution is -2.18. The molecule has 1 heterocycles. The molecule has 0 spiro atoms. The molecule has 2 aromatic carbocycles. The number of hydrogen-bond acceptors (Lipinski definition) is 2. The van der Waals surface area contributed by atoms with Crippen molar-refractivity contribution in [1.82, 2.24) is 10.3 Å². The molecule has 3 heteroatoms. The fourth-order valence-corrected chi connectivity index (χ4v) is 2.78. The fourth-order valence-electron chi connectivity index (χ4n) is 2.56. The molecule has 0 aliphatic rings. The summed E-state index contributed by atoms with van der Waals surface area (Å²) < 4.78 is 0. The second-order valence-electron chi connectivity index (χ2n) is 5.57. The highest BCUT2D eigenvalue weighted by atomic mass is 35.5. The number of benzene rings is 2. The molecule has 116 valence electrons. The molecule has 3 aromatic rings. The van der Waals surface area contributed by atoms with E-state index in [4.69, 9.17) is 11.6 Å². The Morgan fingerprint density at radius 3 is 2.61 bits per heavy atom. The Morgan fingerprint density at radius 2 is 1.87 bits per heavy atom. The van der Waals surface area contributed by atoms with Crippen LogP contribution in [0.5, 0.6) is 0 Å². The number of aromatic nitrogens is 1. The van der Waals surface area contributed by atoms with Crippen LogP contribution in [0.15, 0.2) is 73.1 Å². The third-order valence-corrected chi connectivity index (χ3v) is 4.24. The van der Waals surface area contributed by atoms with E-state index in [1.165, 1.54) is 11.1 Å². The summed E-state index contributed by atoms with van der Waals surface area (Å²) in [5, 5.41) is 4.30. The Kier molecular flexibility index (Phi) is 5.06. The van der Waals surface area contributed by atoms with Crippen molar-refractivity contribution in [3.63, 3.8) is 0 Å². The maximum Gasteiger partial charge on any atom is 0.0485 e. The van der Waals surface area contributed by atoms with E-state index in [1.807, 2.05) is 30.5 Å². The number of hydrogen-bond donors (Lipinski definition) is 1. The van der Waals surface area contributed by atoms with Gasteiger partial charge in [-0.2, -0.15) is 0 Å². The van der Waals surface area contributed by atoms with Gasteiger partial charge >= 0.3 is 0 Å². The Bertz CT molecular complexity index is 757. The van der Waals surface area contributed by atoms with Crippen LogP contribution < -0.4 is 5.32 Å². The van der Waals surface area contributed by atoms with E-state index in [9.17, 15) is 0 Å². The number of halogens is 1. The highest BCUT2D eigenvalue weighted by Gasteiger charge is 2.07. The molecule has 3 rings (SSSR count). The van der Waals surface area contributed by atoms with Gasteiger partial charge in [-0.15, -0.1) is 0 Å². The number of nitrogens with zero attached hydrogens (tertiary/aromatic N) is 1. The molecule has 2 nitrogen and oxygen atoms in total. The molecule has 1 aromatic heterocycles. The topological polar surface area (TPSA) is 24.9 Å². The third kappa shape index (κ3) is 3.98. The van der Waals surface area contributed by atoms with Crippen LogP contribution in [0.3, 0.4) is 0 Å². The molecule has 0 amide bonds. The highest BCUT2D eigenvalue weighted by Crippen LogP contribution is 2.28. The van der Waals surface area contributed by atoms with Crippen LogP contribution in [0.1, 0.15) is 24.1 Å². The highest BCUT2D eigenvalue weighted by molar-refractivity contribution is 6.33. The molecule has 0 bridgehead atoms. The van der Waals surface area contributed by atoms with E-state index in [-0.39, 0.29) is 0 Å². The van der Waals surface area contributed by atoms with Crippen molar-refractivity contribution in [3.8, 4) is 11.1 Å². The van der Waals surface area contributed by atoms with E-state index < -0.39 is 0 Å². The number of pyridine rings is 1. The molecule has 0 fully saturated rings. The van der Waals surface area contributed by atoms with Crippen LogP contribution in [-0.4, -0.2) is 4.98 Å². The first-order chi connectivity index (χ1) is 11.2. The van der Waals surface area contributed by atoms with Crippen LogP contribution in [-0.2, 0) is 6.54 Å². The molecule has 0 saturated carbocycles. The minimum absolute atomic E-state index is 0.300.